The van der Waals surface area contributed by atoms with Crippen LogP contribution in [0.4, 0.5) is 0 Å². The summed E-state index contributed by atoms with van der Waals surface area (Å²) in [7, 11) is 0. The van der Waals surface area contributed by atoms with Crippen molar-refractivity contribution in [1.82, 2.24) is 0 Å². The predicted molar refractivity (Wildman–Crippen MR) is 306 cm³/mol. The average molecular weight is 978 g/mol. The van der Waals surface area contributed by atoms with E-state index in [4.69, 9.17) is 14.2 Å². The first-order chi connectivity index (χ1) is 35.0. The number of carbonyl (C=O) groups excluding carboxylic acids is 3. The van der Waals surface area contributed by atoms with E-state index in [9.17, 15) is 14.4 Å². The summed E-state index contributed by atoms with van der Waals surface area (Å²) in [5.74, 6) is -1.05. The van der Waals surface area contributed by atoms with E-state index in [-0.39, 0.29) is 44.0 Å². The molecule has 1 atom stereocenters. The van der Waals surface area contributed by atoms with Crippen LogP contribution in [0.15, 0.2) is 158 Å². The minimum absolute atomic E-state index is 0.126. The number of carbonyl (C=O) groups is 3. The highest BCUT2D eigenvalue weighted by atomic mass is 16.6. The van der Waals surface area contributed by atoms with Gasteiger partial charge in [0.15, 0.2) is 6.10 Å². The molecule has 1 unspecified atom stereocenters. The van der Waals surface area contributed by atoms with Gasteiger partial charge in [-0.3, -0.25) is 14.4 Å². The zero-order chi connectivity index (χ0) is 51.4. The van der Waals surface area contributed by atoms with Crippen LogP contribution in [0.2, 0.25) is 0 Å². The van der Waals surface area contributed by atoms with E-state index < -0.39 is 6.10 Å². The van der Waals surface area contributed by atoms with Crippen LogP contribution in [0.25, 0.3) is 0 Å². The largest absolute Gasteiger partial charge is 0.462 e. The van der Waals surface area contributed by atoms with Crippen LogP contribution in [-0.2, 0) is 28.6 Å². The standard InChI is InChI=1S/C65H100O6/c1-4-7-10-13-16-19-22-25-28-31-32-35-37-40-43-46-49-52-55-58-64(67)70-61-62(71-65(68)59-56-53-50-47-44-41-38-34-30-27-24-21-18-15-12-9-6-3)60-69-63(66)57-54-51-48-45-42-39-36-33-29-26-23-20-17-14-11-8-5-2/h7,10,13,16-22,25-32,35,37-38,40-41,43,47,50,62H,4-6,8-9,11-12,14-15,23-24,33-34,36,39,42,44-46,48-49,51-61H2,1-3H3/b10-7-,16-13-,20-17-,21-18-,22-19-,28-25-,29-26-,30-27-,32-31+,37-35-,41-38-,43-40-,50-47-. The van der Waals surface area contributed by atoms with Crippen molar-refractivity contribution in [2.75, 3.05) is 13.2 Å². The topological polar surface area (TPSA) is 78.9 Å². The van der Waals surface area contributed by atoms with E-state index in [0.717, 1.165) is 83.5 Å². The number of unbranched alkanes of at least 4 members (excludes halogenated alkanes) is 17. The SMILES string of the molecule is CC\C=C/C=C\C=C/C=C\C=C\C=C/C=C\CCCCCC(=O)OCC(COC(=O)CCCCCCCCC/C=C\C/C=C\CCCCC)OC(=O)CCC/C=C\C/C=C\C/C=C\C/C=C\CCCCC. The monoisotopic (exact) mass is 977 g/mol. The summed E-state index contributed by atoms with van der Waals surface area (Å²) in [6, 6.07) is 0. The van der Waals surface area contributed by atoms with Gasteiger partial charge in [0, 0.05) is 19.3 Å². The number of allylic oxidation sites excluding steroid dienone is 26. The van der Waals surface area contributed by atoms with E-state index >= 15 is 0 Å². The molecule has 0 radical (unpaired) electrons. The fourth-order valence-electron chi connectivity index (χ4n) is 6.98. The van der Waals surface area contributed by atoms with Crippen LogP contribution in [0.5, 0.6) is 0 Å². The molecule has 6 nitrogen and oxygen atoms in total. The van der Waals surface area contributed by atoms with E-state index in [0.29, 0.717) is 19.3 Å². The molecule has 0 amide bonds. The van der Waals surface area contributed by atoms with Crippen LogP contribution in [0, 0.1) is 0 Å². The van der Waals surface area contributed by atoms with Crippen molar-refractivity contribution in [3.05, 3.63) is 158 Å². The Morgan fingerprint density at radius 3 is 1.04 bits per heavy atom. The highest BCUT2D eigenvalue weighted by Gasteiger charge is 2.19. The lowest BCUT2D eigenvalue weighted by Gasteiger charge is -2.18. The van der Waals surface area contributed by atoms with Gasteiger partial charge < -0.3 is 14.2 Å². The first kappa shape index (κ1) is 66.0. The first-order valence-electron chi connectivity index (χ1n) is 28.1. The summed E-state index contributed by atoms with van der Waals surface area (Å²) >= 11 is 0. The van der Waals surface area contributed by atoms with E-state index in [2.05, 4.69) is 106 Å². The maximum absolute atomic E-state index is 12.8. The molecule has 0 N–H and O–H groups in total. The molecule has 0 aliphatic carbocycles. The number of esters is 3. The Morgan fingerprint density at radius 2 is 0.620 bits per heavy atom. The highest BCUT2D eigenvalue weighted by Crippen LogP contribution is 2.12. The van der Waals surface area contributed by atoms with Gasteiger partial charge in [-0.2, -0.15) is 0 Å². The molecule has 71 heavy (non-hydrogen) atoms. The molecule has 0 aromatic heterocycles. The summed E-state index contributed by atoms with van der Waals surface area (Å²) in [6.45, 7) is 6.33. The number of hydrogen-bond donors (Lipinski definition) is 0. The van der Waals surface area contributed by atoms with E-state index in [1.54, 1.807) is 0 Å². The van der Waals surface area contributed by atoms with Gasteiger partial charge >= 0.3 is 17.9 Å². The lowest BCUT2D eigenvalue weighted by molar-refractivity contribution is -0.167. The molecule has 0 fully saturated rings. The van der Waals surface area contributed by atoms with Crippen molar-refractivity contribution in [1.29, 1.82) is 0 Å². The molecule has 0 saturated carbocycles. The molecule has 0 aliphatic rings. The molecule has 396 valence electrons. The minimum Gasteiger partial charge on any atom is -0.462 e. The van der Waals surface area contributed by atoms with Crippen molar-refractivity contribution in [2.45, 2.75) is 219 Å². The summed E-state index contributed by atoms with van der Waals surface area (Å²) < 4.78 is 16.8. The normalized spacial score (nSPS) is 13.3. The Labute approximate surface area is 435 Å². The second kappa shape index (κ2) is 57.6. The summed E-state index contributed by atoms with van der Waals surface area (Å²) in [5.41, 5.74) is 0. The third-order valence-electron chi connectivity index (χ3n) is 11.2. The maximum atomic E-state index is 12.8. The Balaban J connectivity index is 4.63. The van der Waals surface area contributed by atoms with Crippen molar-refractivity contribution in [2.24, 2.45) is 0 Å². The molecule has 0 aromatic carbocycles. The van der Waals surface area contributed by atoms with Crippen LogP contribution in [-0.4, -0.2) is 37.2 Å². The van der Waals surface area contributed by atoms with Crippen molar-refractivity contribution >= 4 is 17.9 Å². The van der Waals surface area contributed by atoms with E-state index in [1.807, 2.05) is 72.9 Å². The third kappa shape index (κ3) is 55.8. The van der Waals surface area contributed by atoms with Gasteiger partial charge in [0.05, 0.1) is 0 Å². The zero-order valence-electron chi connectivity index (χ0n) is 45.2. The van der Waals surface area contributed by atoms with Crippen LogP contribution < -0.4 is 0 Å². The summed E-state index contributed by atoms with van der Waals surface area (Å²) in [4.78, 5) is 38.1. The van der Waals surface area contributed by atoms with Crippen LogP contribution in [0.3, 0.4) is 0 Å². The molecule has 0 aliphatic heterocycles. The number of hydrogen-bond acceptors (Lipinski definition) is 6. The van der Waals surface area contributed by atoms with Crippen molar-refractivity contribution < 1.29 is 28.6 Å². The lowest BCUT2D eigenvalue weighted by Crippen LogP contribution is -2.30. The Hall–Kier alpha value is -4.97. The maximum Gasteiger partial charge on any atom is 0.306 e. The molecular weight excluding hydrogens is 877 g/mol. The van der Waals surface area contributed by atoms with Crippen LogP contribution >= 0.6 is 0 Å². The second-order valence-corrected chi connectivity index (χ2v) is 17.9. The Morgan fingerprint density at radius 1 is 0.310 bits per heavy atom. The van der Waals surface area contributed by atoms with Gasteiger partial charge in [-0.1, -0.05) is 243 Å². The molecule has 0 bridgehead atoms. The van der Waals surface area contributed by atoms with E-state index in [1.165, 1.54) is 77.0 Å². The first-order valence-corrected chi connectivity index (χ1v) is 28.1. The molecule has 0 rings (SSSR count). The van der Waals surface area contributed by atoms with Gasteiger partial charge in [-0.05, 0) is 109 Å². The smallest absolute Gasteiger partial charge is 0.306 e. The number of ether oxygens (including phenoxy) is 3. The minimum atomic E-state index is -0.838. The van der Waals surface area contributed by atoms with Gasteiger partial charge in [0.1, 0.15) is 13.2 Å². The molecule has 0 heterocycles. The summed E-state index contributed by atoms with van der Waals surface area (Å²) in [5, 5.41) is 0. The molecule has 0 saturated heterocycles. The van der Waals surface area contributed by atoms with Gasteiger partial charge in [0.25, 0.3) is 0 Å². The van der Waals surface area contributed by atoms with Gasteiger partial charge in [-0.25, -0.2) is 0 Å². The van der Waals surface area contributed by atoms with Gasteiger partial charge in [-0.15, -0.1) is 0 Å². The highest BCUT2D eigenvalue weighted by molar-refractivity contribution is 5.71. The average Bonchev–Trinajstić information content (AvgIpc) is 3.37. The fraction of sp³-hybridized carbons (Fsp3) is 0.554. The zero-order valence-corrected chi connectivity index (χ0v) is 45.2. The van der Waals surface area contributed by atoms with Crippen LogP contribution in [0.1, 0.15) is 213 Å². The van der Waals surface area contributed by atoms with Gasteiger partial charge in [0.2, 0.25) is 0 Å². The third-order valence-corrected chi connectivity index (χ3v) is 11.2. The predicted octanol–water partition coefficient (Wildman–Crippen LogP) is 19.0. The Kier molecular flexibility index (Phi) is 53.6. The molecular formula is C65H100O6. The quantitative estimate of drug-likeness (QED) is 0.0199. The molecule has 0 aromatic rings. The second-order valence-electron chi connectivity index (χ2n) is 17.9. The Bertz CT molecular complexity index is 1640. The van der Waals surface area contributed by atoms with Crippen molar-refractivity contribution in [3.63, 3.8) is 0 Å². The summed E-state index contributed by atoms with van der Waals surface area (Å²) in [6.07, 6.45) is 83.7. The lowest BCUT2D eigenvalue weighted by atomic mass is 10.1. The fourth-order valence-corrected chi connectivity index (χ4v) is 6.98. The number of rotatable bonds is 48. The molecule has 6 heteroatoms. The van der Waals surface area contributed by atoms with Crippen molar-refractivity contribution in [3.8, 4) is 0 Å². The molecule has 0 spiro atoms.